The zero-order valence-corrected chi connectivity index (χ0v) is 11.7. The van der Waals surface area contributed by atoms with Crippen molar-refractivity contribution in [2.24, 2.45) is 0 Å². The maximum atomic E-state index is 12.7. The van der Waals surface area contributed by atoms with Gasteiger partial charge in [0.05, 0.1) is 18.7 Å². The van der Waals surface area contributed by atoms with Gasteiger partial charge in [0, 0.05) is 10.0 Å². The molecule has 0 aliphatic carbocycles. The molecule has 0 amide bonds. The zero-order chi connectivity index (χ0) is 15.5. The topological polar surface area (TPSA) is 39.2 Å². The maximum Gasteiger partial charge on any atom is 0.433 e. The summed E-state index contributed by atoms with van der Waals surface area (Å²) in [5, 5.41) is 0. The van der Waals surface area contributed by atoms with Gasteiger partial charge in [-0.2, -0.15) is 13.2 Å². The van der Waals surface area contributed by atoms with E-state index >= 15 is 0 Å². The Morgan fingerprint density at radius 2 is 2.05 bits per heavy atom. The quantitative estimate of drug-likeness (QED) is 0.602. The van der Waals surface area contributed by atoms with Gasteiger partial charge in [0.2, 0.25) is 0 Å². The van der Waals surface area contributed by atoms with Gasteiger partial charge in [0.25, 0.3) is 6.43 Å². The standard InChI is InChI=1S/C11H9BrF5NO2/c1-2-20-8(19)4-6-9(12)5(10(13)14)3-7(18-6)11(15,16)17/h3,10H,2,4H2,1H3. The second-order valence-corrected chi connectivity index (χ2v) is 4.43. The summed E-state index contributed by atoms with van der Waals surface area (Å²) in [6, 6.07) is 0.253. The predicted molar refractivity (Wildman–Crippen MR) is 62.2 cm³/mol. The predicted octanol–water partition coefficient (Wildman–Crippen LogP) is 3.91. The molecule has 0 aliphatic heterocycles. The molecule has 0 spiro atoms. The van der Waals surface area contributed by atoms with Gasteiger partial charge in [0.15, 0.2) is 0 Å². The van der Waals surface area contributed by atoms with Gasteiger partial charge in [-0.15, -0.1) is 0 Å². The fraction of sp³-hybridized carbons (Fsp3) is 0.455. The van der Waals surface area contributed by atoms with Crippen molar-refractivity contribution >= 4 is 21.9 Å². The smallest absolute Gasteiger partial charge is 0.433 e. The second-order valence-electron chi connectivity index (χ2n) is 3.64. The third kappa shape index (κ3) is 4.12. The average molecular weight is 362 g/mol. The van der Waals surface area contributed by atoms with E-state index in [1.54, 1.807) is 0 Å². The van der Waals surface area contributed by atoms with E-state index in [1.807, 2.05) is 0 Å². The van der Waals surface area contributed by atoms with E-state index in [4.69, 9.17) is 0 Å². The number of alkyl halides is 5. The monoisotopic (exact) mass is 361 g/mol. The fourth-order valence-electron chi connectivity index (χ4n) is 1.37. The molecule has 0 aromatic carbocycles. The molecule has 0 bridgehead atoms. The fourth-order valence-corrected chi connectivity index (χ4v) is 1.89. The lowest BCUT2D eigenvalue weighted by Crippen LogP contribution is -2.15. The number of esters is 1. The van der Waals surface area contributed by atoms with Gasteiger partial charge >= 0.3 is 12.1 Å². The van der Waals surface area contributed by atoms with Gasteiger partial charge in [-0.3, -0.25) is 4.79 Å². The number of hydrogen-bond acceptors (Lipinski definition) is 3. The van der Waals surface area contributed by atoms with E-state index in [0.29, 0.717) is 0 Å². The van der Waals surface area contributed by atoms with Crippen LogP contribution < -0.4 is 0 Å². The number of rotatable bonds is 4. The molecular formula is C11H9BrF5NO2. The highest BCUT2D eigenvalue weighted by atomic mass is 79.9. The average Bonchev–Trinajstić information content (AvgIpc) is 2.30. The van der Waals surface area contributed by atoms with Gasteiger partial charge in [-0.1, -0.05) is 0 Å². The van der Waals surface area contributed by atoms with Gasteiger partial charge in [-0.25, -0.2) is 13.8 Å². The van der Waals surface area contributed by atoms with Crippen LogP contribution in [-0.4, -0.2) is 17.6 Å². The maximum absolute atomic E-state index is 12.7. The summed E-state index contributed by atoms with van der Waals surface area (Å²) in [4.78, 5) is 14.5. The Kier molecular flexibility index (Phi) is 5.43. The Morgan fingerprint density at radius 3 is 2.50 bits per heavy atom. The summed E-state index contributed by atoms with van der Waals surface area (Å²) < 4.78 is 67.4. The molecule has 3 nitrogen and oxygen atoms in total. The molecule has 1 aromatic rings. The largest absolute Gasteiger partial charge is 0.466 e. The summed E-state index contributed by atoms with van der Waals surface area (Å²) >= 11 is 2.74. The third-order valence-electron chi connectivity index (χ3n) is 2.20. The molecule has 112 valence electrons. The van der Waals surface area contributed by atoms with Crippen LogP contribution in [0.1, 0.15) is 30.3 Å². The highest BCUT2D eigenvalue weighted by Crippen LogP contribution is 2.35. The van der Waals surface area contributed by atoms with Crippen molar-refractivity contribution in [3.8, 4) is 0 Å². The molecule has 0 atom stereocenters. The summed E-state index contributed by atoms with van der Waals surface area (Å²) in [5.74, 6) is -0.847. The van der Waals surface area contributed by atoms with E-state index in [-0.39, 0.29) is 17.1 Å². The molecule has 1 aromatic heterocycles. The van der Waals surface area contributed by atoms with Crippen LogP contribution in [0.3, 0.4) is 0 Å². The Balaban J connectivity index is 3.28. The number of pyridine rings is 1. The number of hydrogen-bond donors (Lipinski definition) is 0. The molecule has 0 unspecified atom stereocenters. The molecule has 0 saturated carbocycles. The van der Waals surface area contributed by atoms with Crippen LogP contribution in [0.25, 0.3) is 0 Å². The Hall–Kier alpha value is -1.25. The van der Waals surface area contributed by atoms with Crippen molar-refractivity contribution in [3.05, 3.63) is 27.5 Å². The van der Waals surface area contributed by atoms with E-state index in [2.05, 4.69) is 25.7 Å². The number of ether oxygens (including phenoxy) is 1. The number of halogens is 6. The van der Waals surface area contributed by atoms with Gasteiger partial charge < -0.3 is 4.74 Å². The molecule has 20 heavy (non-hydrogen) atoms. The van der Waals surface area contributed by atoms with Crippen molar-refractivity contribution in [1.29, 1.82) is 0 Å². The van der Waals surface area contributed by atoms with Crippen LogP contribution >= 0.6 is 15.9 Å². The van der Waals surface area contributed by atoms with Crippen molar-refractivity contribution in [3.63, 3.8) is 0 Å². The van der Waals surface area contributed by atoms with Crippen molar-refractivity contribution in [1.82, 2.24) is 4.98 Å². The van der Waals surface area contributed by atoms with E-state index in [9.17, 15) is 26.7 Å². The van der Waals surface area contributed by atoms with Crippen LogP contribution in [0.4, 0.5) is 22.0 Å². The summed E-state index contributed by atoms with van der Waals surface area (Å²) in [6.07, 6.45) is -8.64. The van der Waals surface area contributed by atoms with Crippen LogP contribution in [0.5, 0.6) is 0 Å². The van der Waals surface area contributed by atoms with Crippen molar-refractivity contribution in [2.75, 3.05) is 6.61 Å². The molecule has 1 rings (SSSR count). The Bertz CT molecular complexity index is 504. The normalized spacial score (nSPS) is 11.8. The SMILES string of the molecule is CCOC(=O)Cc1nc(C(F)(F)F)cc(C(F)F)c1Br. The first kappa shape index (κ1) is 16.8. The first-order valence-electron chi connectivity index (χ1n) is 5.37. The Morgan fingerprint density at radius 1 is 1.45 bits per heavy atom. The number of aromatic nitrogens is 1. The summed E-state index contributed by atoms with van der Waals surface area (Å²) in [5.41, 5.74) is -2.78. The molecule has 0 radical (unpaired) electrons. The minimum absolute atomic E-state index is 0.0249. The highest BCUT2D eigenvalue weighted by Gasteiger charge is 2.35. The van der Waals surface area contributed by atoms with Crippen molar-refractivity contribution < 1.29 is 31.5 Å². The van der Waals surface area contributed by atoms with Crippen LogP contribution in [-0.2, 0) is 22.1 Å². The third-order valence-corrected chi connectivity index (χ3v) is 3.11. The van der Waals surface area contributed by atoms with Crippen LogP contribution in [0, 0.1) is 0 Å². The van der Waals surface area contributed by atoms with Gasteiger partial charge in [-0.05, 0) is 28.9 Å². The lowest BCUT2D eigenvalue weighted by atomic mass is 10.1. The molecule has 0 saturated heterocycles. The molecule has 1 heterocycles. The van der Waals surface area contributed by atoms with E-state index < -0.39 is 41.9 Å². The van der Waals surface area contributed by atoms with Crippen LogP contribution in [0.2, 0.25) is 0 Å². The minimum Gasteiger partial charge on any atom is -0.466 e. The molecule has 9 heteroatoms. The lowest BCUT2D eigenvalue weighted by Gasteiger charge is -2.13. The minimum atomic E-state index is -4.88. The molecular weight excluding hydrogens is 353 g/mol. The lowest BCUT2D eigenvalue weighted by molar-refractivity contribution is -0.144. The first-order chi connectivity index (χ1) is 9.16. The van der Waals surface area contributed by atoms with E-state index in [0.717, 1.165) is 0 Å². The zero-order valence-electron chi connectivity index (χ0n) is 10.1. The molecule has 0 fully saturated rings. The molecule has 0 aliphatic rings. The number of carbonyl (C=O) groups is 1. The Labute approximate surface area is 119 Å². The summed E-state index contributed by atoms with van der Waals surface area (Å²) in [6.45, 7) is 1.54. The summed E-state index contributed by atoms with van der Waals surface area (Å²) in [7, 11) is 0. The van der Waals surface area contributed by atoms with Crippen LogP contribution in [0.15, 0.2) is 10.5 Å². The van der Waals surface area contributed by atoms with Crippen molar-refractivity contribution in [2.45, 2.75) is 25.9 Å². The van der Waals surface area contributed by atoms with Gasteiger partial charge in [0.1, 0.15) is 5.69 Å². The first-order valence-corrected chi connectivity index (χ1v) is 6.16. The van der Waals surface area contributed by atoms with E-state index in [1.165, 1.54) is 6.92 Å². The second kappa shape index (κ2) is 6.47. The highest BCUT2D eigenvalue weighted by molar-refractivity contribution is 9.10. The number of nitrogens with zero attached hydrogens (tertiary/aromatic N) is 1. The number of carbonyl (C=O) groups excluding carboxylic acids is 1. The molecule has 0 N–H and O–H groups in total.